The quantitative estimate of drug-likeness (QED) is 0.885. The molecule has 1 atom stereocenters. The van der Waals surface area contributed by atoms with E-state index in [2.05, 4.69) is 0 Å². The van der Waals surface area contributed by atoms with E-state index in [0.717, 1.165) is 18.4 Å². The third kappa shape index (κ3) is 2.39. The molecule has 1 saturated heterocycles. The lowest BCUT2D eigenvalue weighted by molar-refractivity contribution is -0.135. The fourth-order valence-electron chi connectivity index (χ4n) is 3.40. The minimum absolute atomic E-state index is 0.207. The van der Waals surface area contributed by atoms with E-state index >= 15 is 0 Å². The van der Waals surface area contributed by atoms with Gasteiger partial charge in [0.2, 0.25) is 5.91 Å². The summed E-state index contributed by atoms with van der Waals surface area (Å²) in [7, 11) is 0. The highest BCUT2D eigenvalue weighted by Gasteiger charge is 2.41. The highest BCUT2D eigenvalue weighted by molar-refractivity contribution is 5.79. The summed E-state index contributed by atoms with van der Waals surface area (Å²) in [5, 5.41) is 10.7. The molecule has 1 saturated carbocycles. The van der Waals surface area contributed by atoms with E-state index in [9.17, 15) is 9.90 Å². The van der Waals surface area contributed by atoms with Crippen molar-refractivity contribution >= 4 is 5.91 Å². The zero-order valence-electron chi connectivity index (χ0n) is 11.2. The van der Waals surface area contributed by atoms with Gasteiger partial charge in [0.05, 0.1) is 6.54 Å². The zero-order valence-corrected chi connectivity index (χ0v) is 11.2. The number of carbonyl (C=O) groups is 1. The summed E-state index contributed by atoms with van der Waals surface area (Å²) in [6.07, 6.45) is 5.05. The Morgan fingerprint density at radius 1 is 1.21 bits per heavy atom. The molecule has 1 heterocycles. The Balaban J connectivity index is 1.71. The number of amides is 1. The van der Waals surface area contributed by atoms with Crippen LogP contribution in [0.15, 0.2) is 30.3 Å². The first kappa shape index (κ1) is 12.7. The lowest BCUT2D eigenvalue weighted by Crippen LogP contribution is -2.37. The summed E-state index contributed by atoms with van der Waals surface area (Å²) < 4.78 is 0. The van der Waals surface area contributed by atoms with Gasteiger partial charge in [0.1, 0.15) is 5.60 Å². The highest BCUT2D eigenvalue weighted by Crippen LogP contribution is 2.34. The molecular formula is C16H21NO2. The van der Waals surface area contributed by atoms with Crippen LogP contribution in [0.4, 0.5) is 0 Å². The summed E-state index contributed by atoms with van der Waals surface area (Å²) >= 11 is 0. The molecular weight excluding hydrogens is 238 g/mol. The second-order valence-corrected chi connectivity index (χ2v) is 5.89. The minimum atomic E-state index is -0.852. The van der Waals surface area contributed by atoms with Gasteiger partial charge >= 0.3 is 0 Å². The lowest BCUT2D eigenvalue weighted by Gasteiger charge is -2.25. The summed E-state index contributed by atoms with van der Waals surface area (Å²) in [4.78, 5) is 14.2. The van der Waals surface area contributed by atoms with Crippen molar-refractivity contribution < 1.29 is 9.90 Å². The summed E-state index contributed by atoms with van der Waals surface area (Å²) in [6, 6.07) is 9.72. The molecule has 3 nitrogen and oxygen atoms in total. The summed E-state index contributed by atoms with van der Waals surface area (Å²) in [5.74, 6) is 0.461. The molecule has 1 aromatic rings. The van der Waals surface area contributed by atoms with Crippen molar-refractivity contribution in [3.8, 4) is 0 Å². The Bertz CT molecular complexity index is 453. The van der Waals surface area contributed by atoms with Crippen molar-refractivity contribution in [1.29, 1.82) is 0 Å². The molecule has 0 radical (unpaired) electrons. The van der Waals surface area contributed by atoms with Gasteiger partial charge in [0.25, 0.3) is 0 Å². The van der Waals surface area contributed by atoms with Gasteiger partial charge in [-0.15, -0.1) is 0 Å². The molecule has 3 heteroatoms. The molecule has 102 valence electrons. The summed E-state index contributed by atoms with van der Waals surface area (Å²) in [6.45, 7) is 1.13. The van der Waals surface area contributed by atoms with Gasteiger partial charge in [-0.25, -0.2) is 0 Å². The maximum atomic E-state index is 12.4. The van der Waals surface area contributed by atoms with Crippen LogP contribution in [0, 0.1) is 5.92 Å². The Morgan fingerprint density at radius 2 is 1.89 bits per heavy atom. The number of rotatable bonds is 2. The van der Waals surface area contributed by atoms with E-state index in [-0.39, 0.29) is 11.8 Å². The lowest BCUT2D eigenvalue weighted by atomic mass is 9.93. The van der Waals surface area contributed by atoms with Crippen LogP contribution in [0.3, 0.4) is 0 Å². The van der Waals surface area contributed by atoms with E-state index in [1.54, 1.807) is 0 Å². The second-order valence-electron chi connectivity index (χ2n) is 5.89. The van der Waals surface area contributed by atoms with E-state index in [4.69, 9.17) is 0 Å². The molecule has 1 aliphatic carbocycles. The average Bonchev–Trinajstić information content (AvgIpc) is 3.09. The number of aliphatic hydroxyl groups is 1. The Labute approximate surface area is 114 Å². The first-order valence-electron chi connectivity index (χ1n) is 7.26. The van der Waals surface area contributed by atoms with Crippen molar-refractivity contribution in [2.45, 2.75) is 37.7 Å². The number of carbonyl (C=O) groups excluding carboxylic acids is 1. The number of β-amino-alcohol motifs (C(OH)–C–C–N with tert-alkyl or cyclic N) is 1. The molecule has 0 spiro atoms. The molecule has 2 fully saturated rings. The SMILES string of the molecule is O=C(C1CCCC1)N1CCC(O)(c2ccccc2)C1. The number of benzene rings is 1. The molecule has 3 rings (SSSR count). The normalized spacial score (nSPS) is 27.9. The number of hydrogen-bond acceptors (Lipinski definition) is 2. The maximum Gasteiger partial charge on any atom is 0.225 e. The first-order valence-corrected chi connectivity index (χ1v) is 7.26. The van der Waals surface area contributed by atoms with Crippen LogP contribution in [0.2, 0.25) is 0 Å². The Hall–Kier alpha value is -1.35. The van der Waals surface area contributed by atoms with Gasteiger partial charge in [-0.3, -0.25) is 4.79 Å². The van der Waals surface area contributed by atoms with Gasteiger partial charge in [0, 0.05) is 12.5 Å². The molecule has 0 bridgehead atoms. The molecule has 1 amide bonds. The van der Waals surface area contributed by atoms with Crippen LogP contribution in [-0.2, 0) is 10.4 Å². The van der Waals surface area contributed by atoms with E-state index in [1.165, 1.54) is 12.8 Å². The number of nitrogens with zero attached hydrogens (tertiary/aromatic N) is 1. The molecule has 2 aliphatic rings. The van der Waals surface area contributed by atoms with Crippen molar-refractivity contribution in [1.82, 2.24) is 4.90 Å². The number of likely N-dealkylation sites (tertiary alicyclic amines) is 1. The Morgan fingerprint density at radius 3 is 2.58 bits per heavy atom. The van der Waals surface area contributed by atoms with Gasteiger partial charge in [-0.2, -0.15) is 0 Å². The minimum Gasteiger partial charge on any atom is -0.383 e. The van der Waals surface area contributed by atoms with E-state index in [0.29, 0.717) is 19.5 Å². The predicted octanol–water partition coefficient (Wildman–Crippen LogP) is 2.30. The van der Waals surface area contributed by atoms with E-state index in [1.807, 2.05) is 35.2 Å². The van der Waals surface area contributed by atoms with Crippen LogP contribution in [-0.4, -0.2) is 29.0 Å². The zero-order chi connectivity index (χ0) is 13.3. The van der Waals surface area contributed by atoms with Crippen molar-refractivity contribution in [2.24, 2.45) is 5.92 Å². The fraction of sp³-hybridized carbons (Fsp3) is 0.562. The van der Waals surface area contributed by atoms with Crippen LogP contribution in [0.1, 0.15) is 37.7 Å². The number of hydrogen-bond donors (Lipinski definition) is 1. The van der Waals surface area contributed by atoms with Crippen molar-refractivity contribution in [2.75, 3.05) is 13.1 Å². The molecule has 19 heavy (non-hydrogen) atoms. The van der Waals surface area contributed by atoms with Crippen LogP contribution in [0.5, 0.6) is 0 Å². The van der Waals surface area contributed by atoms with Gasteiger partial charge in [-0.05, 0) is 24.8 Å². The second kappa shape index (κ2) is 4.97. The Kier molecular flexibility index (Phi) is 3.31. The van der Waals surface area contributed by atoms with Crippen molar-refractivity contribution in [3.63, 3.8) is 0 Å². The van der Waals surface area contributed by atoms with Crippen LogP contribution in [0.25, 0.3) is 0 Å². The topological polar surface area (TPSA) is 40.5 Å². The fourth-order valence-corrected chi connectivity index (χ4v) is 3.40. The molecule has 1 aliphatic heterocycles. The van der Waals surface area contributed by atoms with Crippen molar-refractivity contribution in [3.05, 3.63) is 35.9 Å². The molecule has 1 unspecified atom stereocenters. The van der Waals surface area contributed by atoms with Gasteiger partial charge < -0.3 is 10.0 Å². The molecule has 1 aromatic carbocycles. The van der Waals surface area contributed by atoms with Gasteiger partial charge in [0.15, 0.2) is 0 Å². The smallest absolute Gasteiger partial charge is 0.225 e. The standard InChI is InChI=1S/C16H21NO2/c18-15(13-6-4-5-7-13)17-11-10-16(19,12-17)14-8-2-1-3-9-14/h1-3,8-9,13,19H,4-7,10-12H2. The third-order valence-electron chi connectivity index (χ3n) is 4.57. The van der Waals surface area contributed by atoms with Crippen LogP contribution >= 0.6 is 0 Å². The first-order chi connectivity index (χ1) is 9.19. The van der Waals surface area contributed by atoms with Crippen LogP contribution < -0.4 is 0 Å². The maximum absolute atomic E-state index is 12.4. The summed E-state index contributed by atoms with van der Waals surface area (Å²) in [5.41, 5.74) is 0.0759. The average molecular weight is 259 g/mol. The largest absolute Gasteiger partial charge is 0.383 e. The molecule has 0 aromatic heterocycles. The highest BCUT2D eigenvalue weighted by atomic mass is 16.3. The van der Waals surface area contributed by atoms with E-state index < -0.39 is 5.60 Å². The molecule has 1 N–H and O–H groups in total. The monoisotopic (exact) mass is 259 g/mol. The van der Waals surface area contributed by atoms with Gasteiger partial charge in [-0.1, -0.05) is 43.2 Å². The predicted molar refractivity (Wildman–Crippen MR) is 73.5 cm³/mol. The third-order valence-corrected chi connectivity index (χ3v) is 4.57.